The van der Waals surface area contributed by atoms with Crippen molar-refractivity contribution in [3.8, 4) is 0 Å². The van der Waals surface area contributed by atoms with Crippen LogP contribution in [0.3, 0.4) is 0 Å². The molecule has 0 unspecified atom stereocenters. The summed E-state index contributed by atoms with van der Waals surface area (Å²) in [5, 5.41) is 20.8. The highest BCUT2D eigenvalue weighted by molar-refractivity contribution is 5.78. The van der Waals surface area contributed by atoms with Crippen molar-refractivity contribution in [2.75, 3.05) is 26.8 Å². The van der Waals surface area contributed by atoms with Crippen molar-refractivity contribution in [1.29, 1.82) is 0 Å². The first-order valence-corrected chi connectivity index (χ1v) is 14.0. The van der Waals surface area contributed by atoms with E-state index < -0.39 is 12.2 Å². The standard InChI is InChI=1S/C30H41N3O7/c1-38-20-25-4-3-15-33(25)18-26-16-27(23-11-9-22(19-34)10-12-23)40-30(39-26)24-13-7-21(8-14-24)17-31-28(35)5-2-6-29(36)32-37/h7-14,25-27,30,34,37H,2-6,15-20H2,1H3,(H,31,35)(H,32,36)/t25-,26+,27-,30-/m0/s1. The molecule has 4 rings (SSSR count). The van der Waals surface area contributed by atoms with E-state index in [9.17, 15) is 14.7 Å². The number of rotatable bonds is 13. The number of likely N-dealkylation sites (tertiary alicyclic amines) is 1. The van der Waals surface area contributed by atoms with Gasteiger partial charge >= 0.3 is 0 Å². The Morgan fingerprint density at radius 2 is 1.70 bits per heavy atom. The van der Waals surface area contributed by atoms with Crippen molar-refractivity contribution in [2.45, 2.75) is 76.2 Å². The first-order valence-electron chi connectivity index (χ1n) is 14.0. The minimum atomic E-state index is -0.536. The lowest BCUT2D eigenvalue weighted by Crippen LogP contribution is -2.42. The minimum Gasteiger partial charge on any atom is -0.392 e. The van der Waals surface area contributed by atoms with Gasteiger partial charge in [-0.25, -0.2) is 5.48 Å². The summed E-state index contributed by atoms with van der Waals surface area (Å²) < 4.78 is 18.4. The Kier molecular flexibility index (Phi) is 11.5. The van der Waals surface area contributed by atoms with E-state index in [0.717, 1.165) is 54.6 Å². The molecule has 0 aliphatic carbocycles. The molecule has 0 radical (unpaired) electrons. The largest absolute Gasteiger partial charge is 0.392 e. The summed E-state index contributed by atoms with van der Waals surface area (Å²) in [5.41, 5.74) is 5.33. The predicted molar refractivity (Wildman–Crippen MR) is 147 cm³/mol. The van der Waals surface area contributed by atoms with Gasteiger partial charge in [-0.1, -0.05) is 48.5 Å². The lowest BCUT2D eigenvalue weighted by atomic mass is 9.99. The number of benzene rings is 2. The van der Waals surface area contributed by atoms with Gasteiger partial charge in [0.25, 0.3) is 0 Å². The van der Waals surface area contributed by atoms with Gasteiger partial charge in [0.1, 0.15) is 0 Å². The molecule has 10 heteroatoms. The number of ether oxygens (including phenoxy) is 3. The molecule has 4 atom stereocenters. The van der Waals surface area contributed by atoms with Crippen LogP contribution >= 0.6 is 0 Å². The van der Waals surface area contributed by atoms with Crippen LogP contribution in [0.15, 0.2) is 48.5 Å². The van der Waals surface area contributed by atoms with E-state index in [1.54, 1.807) is 12.6 Å². The molecule has 2 aliphatic heterocycles. The molecule has 2 saturated heterocycles. The van der Waals surface area contributed by atoms with Crippen LogP contribution in [0.2, 0.25) is 0 Å². The first kappa shape index (κ1) is 30.1. The number of amides is 2. The van der Waals surface area contributed by atoms with Crippen LogP contribution in [0.4, 0.5) is 0 Å². The van der Waals surface area contributed by atoms with E-state index in [-0.39, 0.29) is 37.6 Å². The van der Waals surface area contributed by atoms with Crippen molar-refractivity contribution >= 4 is 11.8 Å². The molecule has 218 valence electrons. The van der Waals surface area contributed by atoms with E-state index in [1.165, 1.54) is 0 Å². The molecule has 10 nitrogen and oxygen atoms in total. The molecule has 2 aliphatic rings. The number of carbonyl (C=O) groups excluding carboxylic acids is 2. The molecule has 2 heterocycles. The number of aliphatic hydroxyl groups excluding tert-OH is 1. The van der Waals surface area contributed by atoms with Crippen LogP contribution in [0.1, 0.15) is 73.2 Å². The van der Waals surface area contributed by atoms with E-state index in [1.807, 2.05) is 48.5 Å². The van der Waals surface area contributed by atoms with E-state index in [0.29, 0.717) is 25.6 Å². The Labute approximate surface area is 235 Å². The van der Waals surface area contributed by atoms with Gasteiger partial charge in [0, 0.05) is 51.1 Å². The number of hydrogen-bond acceptors (Lipinski definition) is 8. The Hall–Kier alpha value is -2.86. The predicted octanol–water partition coefficient (Wildman–Crippen LogP) is 3.13. The van der Waals surface area contributed by atoms with Crippen LogP contribution in [-0.4, -0.2) is 66.0 Å². The van der Waals surface area contributed by atoms with Crippen molar-refractivity contribution in [2.24, 2.45) is 0 Å². The third-order valence-electron chi connectivity index (χ3n) is 7.59. The van der Waals surface area contributed by atoms with Crippen molar-refractivity contribution in [1.82, 2.24) is 15.7 Å². The molecule has 2 amide bonds. The fourth-order valence-corrected chi connectivity index (χ4v) is 5.36. The summed E-state index contributed by atoms with van der Waals surface area (Å²) in [6.07, 6.45) is 2.98. The summed E-state index contributed by atoms with van der Waals surface area (Å²) in [5.74, 6) is -0.655. The molecular formula is C30H41N3O7. The van der Waals surface area contributed by atoms with Gasteiger partial charge in [0.15, 0.2) is 6.29 Å². The number of hydroxylamine groups is 1. The van der Waals surface area contributed by atoms with Crippen molar-refractivity contribution in [3.63, 3.8) is 0 Å². The zero-order chi connectivity index (χ0) is 28.3. The molecule has 0 spiro atoms. The van der Waals surface area contributed by atoms with Crippen LogP contribution in [0.5, 0.6) is 0 Å². The average molecular weight is 556 g/mol. The molecule has 0 aromatic heterocycles. The fraction of sp³-hybridized carbons (Fsp3) is 0.533. The first-order chi connectivity index (χ1) is 19.5. The molecule has 0 bridgehead atoms. The van der Waals surface area contributed by atoms with Crippen LogP contribution in [0.25, 0.3) is 0 Å². The van der Waals surface area contributed by atoms with E-state index >= 15 is 0 Å². The Morgan fingerprint density at radius 3 is 2.40 bits per heavy atom. The number of aliphatic hydroxyl groups is 1. The average Bonchev–Trinajstić information content (AvgIpc) is 3.42. The normalized spacial score (nSPS) is 23.2. The van der Waals surface area contributed by atoms with Gasteiger partial charge in [-0.15, -0.1) is 0 Å². The number of nitrogens with zero attached hydrogens (tertiary/aromatic N) is 1. The maximum absolute atomic E-state index is 12.1. The monoisotopic (exact) mass is 555 g/mol. The van der Waals surface area contributed by atoms with Gasteiger partial charge in [-0.05, 0) is 42.5 Å². The van der Waals surface area contributed by atoms with Crippen molar-refractivity contribution < 1.29 is 34.1 Å². The van der Waals surface area contributed by atoms with Gasteiger partial charge in [0.05, 0.1) is 25.4 Å². The topological polar surface area (TPSA) is 130 Å². The van der Waals surface area contributed by atoms with Crippen molar-refractivity contribution in [3.05, 3.63) is 70.8 Å². The third-order valence-corrected chi connectivity index (χ3v) is 7.59. The SMILES string of the molecule is COC[C@@H]1CCCN1C[C@H]1C[C@@H](c2ccc(CO)cc2)O[C@@H](c2ccc(CNC(=O)CCCC(=O)NO)cc2)O1. The third kappa shape index (κ3) is 8.57. The Bertz CT molecular complexity index is 1080. The highest BCUT2D eigenvalue weighted by Gasteiger charge is 2.35. The number of methoxy groups -OCH3 is 1. The molecule has 0 saturated carbocycles. The second-order valence-corrected chi connectivity index (χ2v) is 10.5. The zero-order valence-corrected chi connectivity index (χ0v) is 23.1. The van der Waals surface area contributed by atoms with Gasteiger partial charge < -0.3 is 24.6 Å². The lowest BCUT2D eigenvalue weighted by molar-refractivity contribution is -0.253. The summed E-state index contributed by atoms with van der Waals surface area (Å²) in [6, 6.07) is 16.1. The molecular weight excluding hydrogens is 514 g/mol. The Morgan fingerprint density at radius 1 is 1.00 bits per heavy atom. The van der Waals surface area contributed by atoms with Crippen LogP contribution < -0.4 is 10.8 Å². The van der Waals surface area contributed by atoms with Crippen LogP contribution in [0, 0.1) is 0 Å². The number of nitrogens with one attached hydrogen (secondary N) is 2. The molecule has 4 N–H and O–H groups in total. The summed E-state index contributed by atoms with van der Waals surface area (Å²) in [7, 11) is 1.75. The second kappa shape index (κ2) is 15.2. The highest BCUT2D eigenvalue weighted by atomic mass is 16.7. The maximum atomic E-state index is 12.1. The second-order valence-electron chi connectivity index (χ2n) is 10.5. The molecule has 2 aromatic rings. The lowest BCUT2D eigenvalue weighted by Gasteiger charge is -2.38. The van der Waals surface area contributed by atoms with Gasteiger partial charge in [-0.3, -0.25) is 19.7 Å². The summed E-state index contributed by atoms with van der Waals surface area (Å²) in [6.45, 7) is 2.93. The maximum Gasteiger partial charge on any atom is 0.243 e. The van der Waals surface area contributed by atoms with Crippen LogP contribution in [-0.2, 0) is 37.0 Å². The van der Waals surface area contributed by atoms with E-state index in [2.05, 4.69) is 10.2 Å². The fourth-order valence-electron chi connectivity index (χ4n) is 5.36. The zero-order valence-electron chi connectivity index (χ0n) is 23.1. The number of hydrogen-bond donors (Lipinski definition) is 4. The van der Waals surface area contributed by atoms with Gasteiger partial charge in [0.2, 0.25) is 11.8 Å². The Balaban J connectivity index is 1.39. The smallest absolute Gasteiger partial charge is 0.243 e. The van der Waals surface area contributed by atoms with Gasteiger partial charge in [-0.2, -0.15) is 0 Å². The minimum absolute atomic E-state index is 0.00366. The quantitative estimate of drug-likeness (QED) is 0.219. The summed E-state index contributed by atoms with van der Waals surface area (Å²) in [4.78, 5) is 25.6. The van der Waals surface area contributed by atoms with E-state index in [4.69, 9.17) is 19.4 Å². The number of carbonyl (C=O) groups is 2. The summed E-state index contributed by atoms with van der Waals surface area (Å²) >= 11 is 0. The molecule has 2 fully saturated rings. The highest BCUT2D eigenvalue weighted by Crippen LogP contribution is 2.38. The molecule has 40 heavy (non-hydrogen) atoms. The molecule has 2 aromatic carbocycles.